The van der Waals surface area contributed by atoms with Gasteiger partial charge in [-0.3, -0.25) is 0 Å². The molecule has 106 valence electrons. The lowest BCUT2D eigenvalue weighted by Gasteiger charge is -2.16. The van der Waals surface area contributed by atoms with Gasteiger partial charge >= 0.3 is 0 Å². The summed E-state index contributed by atoms with van der Waals surface area (Å²) in [5.74, 6) is 0. The molecule has 1 atom stereocenters. The van der Waals surface area contributed by atoms with Gasteiger partial charge in [-0.15, -0.1) is 0 Å². The fraction of sp³-hybridized carbons (Fsp3) is 0.368. The Morgan fingerprint density at radius 1 is 0.900 bits per heavy atom. The highest BCUT2D eigenvalue weighted by atomic mass is 16.3. The second-order valence-corrected chi connectivity index (χ2v) is 5.45. The summed E-state index contributed by atoms with van der Waals surface area (Å²) in [5, 5.41) is 10.6. The highest BCUT2D eigenvalue weighted by Crippen LogP contribution is 2.24. The van der Waals surface area contributed by atoms with Crippen LogP contribution in [0.15, 0.2) is 42.5 Å². The molecular weight excluding hydrogens is 244 g/mol. The van der Waals surface area contributed by atoms with Gasteiger partial charge < -0.3 is 5.11 Å². The summed E-state index contributed by atoms with van der Waals surface area (Å²) in [7, 11) is 0. The lowest BCUT2D eigenvalue weighted by molar-refractivity contribution is 0.177. The van der Waals surface area contributed by atoms with Gasteiger partial charge in [0.25, 0.3) is 0 Å². The molecule has 0 fully saturated rings. The highest BCUT2D eigenvalue weighted by molar-refractivity contribution is 5.35. The second kappa shape index (κ2) is 6.71. The van der Waals surface area contributed by atoms with E-state index in [4.69, 9.17) is 0 Å². The fourth-order valence-corrected chi connectivity index (χ4v) is 2.55. The molecule has 1 unspecified atom stereocenters. The van der Waals surface area contributed by atoms with Gasteiger partial charge in [0.1, 0.15) is 0 Å². The Bertz CT molecular complexity index is 554. The molecular formula is C19H24O. The van der Waals surface area contributed by atoms with Crippen LogP contribution in [0, 0.1) is 6.92 Å². The van der Waals surface area contributed by atoms with Gasteiger partial charge in [0.15, 0.2) is 0 Å². The van der Waals surface area contributed by atoms with Crippen molar-refractivity contribution in [2.24, 2.45) is 0 Å². The molecule has 0 heterocycles. The van der Waals surface area contributed by atoms with Crippen LogP contribution in [0.1, 0.15) is 47.8 Å². The van der Waals surface area contributed by atoms with E-state index < -0.39 is 6.10 Å². The van der Waals surface area contributed by atoms with Crippen molar-refractivity contribution in [3.8, 4) is 0 Å². The first kappa shape index (κ1) is 14.8. The fourth-order valence-electron chi connectivity index (χ4n) is 2.55. The quantitative estimate of drug-likeness (QED) is 0.852. The first-order chi connectivity index (χ1) is 9.63. The van der Waals surface area contributed by atoms with Gasteiger partial charge in [-0.05, 0) is 42.0 Å². The minimum Gasteiger partial charge on any atom is -0.388 e. The first-order valence-electron chi connectivity index (χ1n) is 7.49. The highest BCUT2D eigenvalue weighted by Gasteiger charge is 2.13. The molecule has 0 spiro atoms. The van der Waals surface area contributed by atoms with Crippen molar-refractivity contribution in [3.63, 3.8) is 0 Å². The molecule has 0 aromatic heterocycles. The van der Waals surface area contributed by atoms with E-state index in [-0.39, 0.29) is 0 Å². The average molecular weight is 268 g/mol. The zero-order valence-electron chi connectivity index (χ0n) is 12.7. The van der Waals surface area contributed by atoms with E-state index in [1.165, 1.54) is 22.3 Å². The Morgan fingerprint density at radius 2 is 1.55 bits per heavy atom. The van der Waals surface area contributed by atoms with Gasteiger partial charge in [-0.2, -0.15) is 0 Å². The van der Waals surface area contributed by atoms with Gasteiger partial charge in [0.05, 0.1) is 6.10 Å². The van der Waals surface area contributed by atoms with E-state index >= 15 is 0 Å². The summed E-state index contributed by atoms with van der Waals surface area (Å²) >= 11 is 0. The Hall–Kier alpha value is -1.60. The van der Waals surface area contributed by atoms with E-state index in [0.29, 0.717) is 6.42 Å². The molecule has 20 heavy (non-hydrogen) atoms. The van der Waals surface area contributed by atoms with Crippen LogP contribution < -0.4 is 0 Å². The Balaban J connectivity index is 2.23. The largest absolute Gasteiger partial charge is 0.388 e. The van der Waals surface area contributed by atoms with Crippen LogP contribution in [-0.4, -0.2) is 5.11 Å². The smallest absolute Gasteiger partial charge is 0.0833 e. The molecule has 0 saturated carbocycles. The van der Waals surface area contributed by atoms with Crippen LogP contribution in [0.2, 0.25) is 0 Å². The van der Waals surface area contributed by atoms with E-state index in [2.05, 4.69) is 63.2 Å². The number of aliphatic hydroxyl groups is 1. The van der Waals surface area contributed by atoms with Crippen LogP contribution in [0.3, 0.4) is 0 Å². The second-order valence-electron chi connectivity index (χ2n) is 5.45. The maximum atomic E-state index is 10.6. The van der Waals surface area contributed by atoms with Gasteiger partial charge in [-0.1, -0.05) is 61.9 Å². The number of aliphatic hydroxyl groups excluding tert-OH is 1. The topological polar surface area (TPSA) is 20.2 Å². The molecule has 0 radical (unpaired) electrons. The molecule has 0 aliphatic carbocycles. The Kier molecular flexibility index (Phi) is 4.97. The minimum atomic E-state index is -0.417. The molecule has 1 heteroatoms. The van der Waals surface area contributed by atoms with Crippen LogP contribution in [0.4, 0.5) is 0 Å². The first-order valence-corrected chi connectivity index (χ1v) is 7.49. The zero-order chi connectivity index (χ0) is 14.5. The van der Waals surface area contributed by atoms with Crippen LogP contribution >= 0.6 is 0 Å². The third-order valence-electron chi connectivity index (χ3n) is 3.91. The summed E-state index contributed by atoms with van der Waals surface area (Å²) in [5.41, 5.74) is 6.08. The van der Waals surface area contributed by atoms with Crippen molar-refractivity contribution >= 4 is 0 Å². The molecule has 0 aliphatic rings. The molecule has 2 aromatic carbocycles. The lowest BCUT2D eigenvalue weighted by atomic mass is 9.93. The maximum absolute atomic E-state index is 10.6. The SMILES string of the molecule is CCc1ccc(CC)c(C(O)Cc2ccc(C)cc2)c1. The molecule has 0 amide bonds. The zero-order valence-corrected chi connectivity index (χ0v) is 12.7. The van der Waals surface area contributed by atoms with Crippen molar-refractivity contribution in [3.05, 3.63) is 70.3 Å². The molecule has 1 N–H and O–H groups in total. The normalized spacial score (nSPS) is 12.4. The van der Waals surface area contributed by atoms with Crippen LogP contribution in [0.25, 0.3) is 0 Å². The number of hydrogen-bond acceptors (Lipinski definition) is 1. The number of aryl methyl sites for hydroxylation is 3. The molecule has 0 bridgehead atoms. The monoisotopic (exact) mass is 268 g/mol. The van der Waals surface area contributed by atoms with E-state index in [0.717, 1.165) is 18.4 Å². The maximum Gasteiger partial charge on any atom is 0.0833 e. The molecule has 2 aromatic rings. The summed E-state index contributed by atoms with van der Waals surface area (Å²) in [4.78, 5) is 0. The van der Waals surface area contributed by atoms with Crippen molar-refractivity contribution in [2.45, 2.75) is 46.1 Å². The number of benzene rings is 2. The summed E-state index contributed by atoms with van der Waals surface area (Å²) in [6.45, 7) is 6.38. The van der Waals surface area contributed by atoms with E-state index in [1.807, 2.05) is 0 Å². The predicted octanol–water partition coefficient (Wildman–Crippen LogP) is 4.40. The van der Waals surface area contributed by atoms with Crippen molar-refractivity contribution in [1.82, 2.24) is 0 Å². The third kappa shape index (κ3) is 3.49. The molecule has 0 aliphatic heterocycles. The van der Waals surface area contributed by atoms with Gasteiger partial charge in [0.2, 0.25) is 0 Å². The van der Waals surface area contributed by atoms with Crippen molar-refractivity contribution in [1.29, 1.82) is 0 Å². The lowest BCUT2D eigenvalue weighted by Crippen LogP contribution is -2.06. The third-order valence-corrected chi connectivity index (χ3v) is 3.91. The standard InChI is InChI=1S/C19H24O/c1-4-15-10-11-17(5-2)18(12-15)19(20)13-16-8-6-14(3)7-9-16/h6-12,19-20H,4-5,13H2,1-3H3. The van der Waals surface area contributed by atoms with E-state index in [1.54, 1.807) is 0 Å². The Morgan fingerprint density at radius 3 is 2.15 bits per heavy atom. The molecule has 2 rings (SSSR count). The summed E-state index contributed by atoms with van der Waals surface area (Å²) < 4.78 is 0. The number of hydrogen-bond donors (Lipinski definition) is 1. The van der Waals surface area contributed by atoms with Gasteiger partial charge in [0, 0.05) is 6.42 Å². The summed E-state index contributed by atoms with van der Waals surface area (Å²) in [6, 6.07) is 14.9. The average Bonchev–Trinajstić information content (AvgIpc) is 2.48. The van der Waals surface area contributed by atoms with E-state index in [9.17, 15) is 5.11 Å². The van der Waals surface area contributed by atoms with Gasteiger partial charge in [-0.25, -0.2) is 0 Å². The Labute approximate surface area is 122 Å². The minimum absolute atomic E-state index is 0.417. The number of rotatable bonds is 5. The predicted molar refractivity (Wildman–Crippen MR) is 85.0 cm³/mol. The van der Waals surface area contributed by atoms with Crippen LogP contribution in [0.5, 0.6) is 0 Å². The molecule has 0 saturated heterocycles. The van der Waals surface area contributed by atoms with Crippen LogP contribution in [-0.2, 0) is 19.3 Å². The molecule has 1 nitrogen and oxygen atoms in total. The van der Waals surface area contributed by atoms with Crippen molar-refractivity contribution in [2.75, 3.05) is 0 Å². The van der Waals surface area contributed by atoms with Crippen molar-refractivity contribution < 1.29 is 5.11 Å². The summed E-state index contributed by atoms with van der Waals surface area (Å²) in [6.07, 6.45) is 2.23.